The summed E-state index contributed by atoms with van der Waals surface area (Å²) in [7, 11) is 0. The minimum atomic E-state index is -0.292. The van der Waals surface area contributed by atoms with Crippen molar-refractivity contribution in [2.75, 3.05) is 11.9 Å². The van der Waals surface area contributed by atoms with Crippen LogP contribution in [0, 0.1) is 5.92 Å². The number of nitrogens with zero attached hydrogens (tertiary/aromatic N) is 1. The molecule has 1 aliphatic heterocycles. The van der Waals surface area contributed by atoms with Crippen LogP contribution in [0.4, 0.5) is 5.69 Å². The van der Waals surface area contributed by atoms with Gasteiger partial charge in [-0.25, -0.2) is 0 Å². The highest BCUT2D eigenvalue weighted by Crippen LogP contribution is 2.22. The number of rotatable bonds is 2. The molecule has 1 aromatic carbocycles. The van der Waals surface area contributed by atoms with Crippen LogP contribution in [0.15, 0.2) is 24.4 Å². The molecule has 18 heavy (non-hydrogen) atoms. The summed E-state index contributed by atoms with van der Waals surface area (Å²) in [6.07, 6.45) is 1.93. The Kier molecular flexibility index (Phi) is 2.47. The molecule has 6 nitrogen and oxygen atoms in total. The van der Waals surface area contributed by atoms with E-state index in [0.29, 0.717) is 12.2 Å². The van der Waals surface area contributed by atoms with E-state index in [-0.39, 0.29) is 24.2 Å². The number of aromatic nitrogens is 2. The Bertz CT molecular complexity index is 619. The molecule has 0 saturated carbocycles. The van der Waals surface area contributed by atoms with E-state index in [1.165, 1.54) is 0 Å². The monoisotopic (exact) mass is 244 g/mol. The standard InChI is InChI=1S/C12H12N4O2/c17-11-4-7(5-13-11)12(18)15-9-2-1-3-10-8(9)6-14-16-10/h1-3,6-7H,4-5H2,(H,13,17)(H,14,16)(H,15,18). The molecule has 1 fully saturated rings. The Morgan fingerprint density at radius 2 is 2.33 bits per heavy atom. The Balaban J connectivity index is 1.82. The highest BCUT2D eigenvalue weighted by atomic mass is 16.2. The first-order valence-corrected chi connectivity index (χ1v) is 5.74. The molecule has 0 bridgehead atoms. The van der Waals surface area contributed by atoms with Crippen LogP contribution >= 0.6 is 0 Å². The predicted molar refractivity (Wildman–Crippen MR) is 65.8 cm³/mol. The van der Waals surface area contributed by atoms with E-state index in [1.807, 2.05) is 18.2 Å². The summed E-state index contributed by atoms with van der Waals surface area (Å²) in [5.41, 5.74) is 1.58. The van der Waals surface area contributed by atoms with Gasteiger partial charge in [-0.3, -0.25) is 14.7 Å². The third-order valence-corrected chi connectivity index (χ3v) is 3.09. The molecule has 6 heteroatoms. The Morgan fingerprint density at radius 1 is 1.44 bits per heavy atom. The number of carbonyl (C=O) groups is 2. The molecule has 0 spiro atoms. The normalized spacial score (nSPS) is 18.9. The van der Waals surface area contributed by atoms with Gasteiger partial charge in [-0.15, -0.1) is 0 Å². The number of aromatic amines is 1. The number of anilines is 1. The molecule has 0 radical (unpaired) electrons. The summed E-state index contributed by atoms with van der Waals surface area (Å²) in [5, 5.41) is 13.1. The minimum absolute atomic E-state index is 0.0725. The van der Waals surface area contributed by atoms with E-state index >= 15 is 0 Å². The second-order valence-corrected chi connectivity index (χ2v) is 4.33. The van der Waals surface area contributed by atoms with E-state index in [4.69, 9.17) is 0 Å². The Labute approximate surface area is 103 Å². The molecule has 92 valence electrons. The van der Waals surface area contributed by atoms with Gasteiger partial charge in [-0.2, -0.15) is 5.10 Å². The van der Waals surface area contributed by atoms with Crippen LogP contribution in [0.3, 0.4) is 0 Å². The summed E-state index contributed by atoms with van der Waals surface area (Å²) in [6, 6.07) is 5.55. The summed E-state index contributed by atoms with van der Waals surface area (Å²) in [5.74, 6) is -0.502. The van der Waals surface area contributed by atoms with Gasteiger partial charge < -0.3 is 10.6 Å². The molecule has 2 amide bonds. The number of benzene rings is 1. The molecule has 1 aliphatic rings. The molecular formula is C12H12N4O2. The van der Waals surface area contributed by atoms with E-state index < -0.39 is 0 Å². The van der Waals surface area contributed by atoms with E-state index in [1.54, 1.807) is 6.20 Å². The maximum atomic E-state index is 12.0. The summed E-state index contributed by atoms with van der Waals surface area (Å²) in [4.78, 5) is 23.1. The minimum Gasteiger partial charge on any atom is -0.355 e. The second kappa shape index (κ2) is 4.14. The van der Waals surface area contributed by atoms with E-state index in [2.05, 4.69) is 20.8 Å². The molecular weight excluding hydrogens is 232 g/mol. The number of carbonyl (C=O) groups excluding carboxylic acids is 2. The maximum Gasteiger partial charge on any atom is 0.229 e. The molecule has 1 aromatic heterocycles. The van der Waals surface area contributed by atoms with Crippen LogP contribution in [0.5, 0.6) is 0 Å². The molecule has 1 atom stereocenters. The molecule has 2 aromatic rings. The average Bonchev–Trinajstić information content (AvgIpc) is 2.97. The van der Waals surface area contributed by atoms with Crippen molar-refractivity contribution in [3.63, 3.8) is 0 Å². The highest BCUT2D eigenvalue weighted by molar-refractivity contribution is 6.03. The first-order valence-electron chi connectivity index (χ1n) is 5.74. The first-order chi connectivity index (χ1) is 8.74. The molecule has 1 unspecified atom stereocenters. The number of hydrogen-bond donors (Lipinski definition) is 3. The van der Waals surface area contributed by atoms with Gasteiger partial charge in [0, 0.05) is 18.4 Å². The fourth-order valence-electron chi connectivity index (χ4n) is 2.10. The smallest absolute Gasteiger partial charge is 0.229 e. The predicted octanol–water partition coefficient (Wildman–Crippen LogP) is 0.638. The van der Waals surface area contributed by atoms with Crippen molar-refractivity contribution in [3.8, 4) is 0 Å². The first kappa shape index (κ1) is 10.8. The molecule has 1 saturated heterocycles. The van der Waals surface area contributed by atoms with Gasteiger partial charge in [0.2, 0.25) is 11.8 Å². The van der Waals surface area contributed by atoms with Crippen LogP contribution < -0.4 is 10.6 Å². The van der Waals surface area contributed by atoms with Crippen molar-refractivity contribution in [3.05, 3.63) is 24.4 Å². The third-order valence-electron chi connectivity index (χ3n) is 3.09. The quantitative estimate of drug-likeness (QED) is 0.724. The second-order valence-electron chi connectivity index (χ2n) is 4.33. The lowest BCUT2D eigenvalue weighted by molar-refractivity contribution is -0.123. The van der Waals surface area contributed by atoms with Crippen LogP contribution in [-0.2, 0) is 9.59 Å². The lowest BCUT2D eigenvalue weighted by Crippen LogP contribution is -2.24. The van der Waals surface area contributed by atoms with Gasteiger partial charge in [-0.05, 0) is 12.1 Å². The third kappa shape index (κ3) is 1.81. The number of amides is 2. The zero-order valence-corrected chi connectivity index (χ0v) is 9.56. The van der Waals surface area contributed by atoms with Crippen LogP contribution in [-0.4, -0.2) is 28.6 Å². The molecule has 2 heterocycles. The van der Waals surface area contributed by atoms with Crippen molar-refractivity contribution in [2.24, 2.45) is 5.92 Å². The van der Waals surface area contributed by atoms with E-state index in [0.717, 1.165) is 10.9 Å². The molecule has 0 aliphatic carbocycles. The molecule has 3 rings (SSSR count). The van der Waals surface area contributed by atoms with Gasteiger partial charge >= 0.3 is 0 Å². The average molecular weight is 244 g/mol. The van der Waals surface area contributed by atoms with Crippen LogP contribution in [0.1, 0.15) is 6.42 Å². The van der Waals surface area contributed by atoms with Gasteiger partial charge in [0.1, 0.15) is 0 Å². The molecule has 3 N–H and O–H groups in total. The zero-order chi connectivity index (χ0) is 12.5. The van der Waals surface area contributed by atoms with Crippen molar-refractivity contribution >= 4 is 28.4 Å². The van der Waals surface area contributed by atoms with Gasteiger partial charge in [0.25, 0.3) is 0 Å². The van der Waals surface area contributed by atoms with Crippen LogP contribution in [0.2, 0.25) is 0 Å². The van der Waals surface area contributed by atoms with Crippen molar-refractivity contribution in [2.45, 2.75) is 6.42 Å². The SMILES string of the molecule is O=C1CC(C(=O)Nc2cccc3[nH]ncc23)CN1. The highest BCUT2D eigenvalue weighted by Gasteiger charge is 2.28. The number of hydrogen-bond acceptors (Lipinski definition) is 3. The zero-order valence-electron chi connectivity index (χ0n) is 9.56. The Hall–Kier alpha value is -2.37. The lowest BCUT2D eigenvalue weighted by Gasteiger charge is -2.09. The van der Waals surface area contributed by atoms with Gasteiger partial charge in [0.05, 0.1) is 23.3 Å². The fraction of sp³-hybridized carbons (Fsp3) is 0.250. The van der Waals surface area contributed by atoms with E-state index in [9.17, 15) is 9.59 Å². The van der Waals surface area contributed by atoms with Gasteiger partial charge in [0.15, 0.2) is 0 Å². The topological polar surface area (TPSA) is 86.9 Å². The largest absolute Gasteiger partial charge is 0.355 e. The summed E-state index contributed by atoms with van der Waals surface area (Å²) >= 11 is 0. The van der Waals surface area contributed by atoms with Crippen molar-refractivity contribution in [1.29, 1.82) is 0 Å². The number of fused-ring (bicyclic) bond motifs is 1. The van der Waals surface area contributed by atoms with Crippen molar-refractivity contribution < 1.29 is 9.59 Å². The van der Waals surface area contributed by atoms with Gasteiger partial charge in [-0.1, -0.05) is 6.07 Å². The maximum absolute atomic E-state index is 12.0. The lowest BCUT2D eigenvalue weighted by atomic mass is 10.1. The fourth-order valence-corrected chi connectivity index (χ4v) is 2.10. The number of nitrogens with one attached hydrogen (secondary N) is 3. The van der Waals surface area contributed by atoms with Crippen LogP contribution in [0.25, 0.3) is 10.9 Å². The summed E-state index contributed by atoms with van der Waals surface area (Å²) in [6.45, 7) is 0.409. The Morgan fingerprint density at radius 3 is 3.11 bits per heavy atom. The number of H-pyrrole nitrogens is 1. The van der Waals surface area contributed by atoms with Crippen molar-refractivity contribution in [1.82, 2.24) is 15.5 Å². The summed E-state index contributed by atoms with van der Waals surface area (Å²) < 4.78 is 0.